The van der Waals surface area contributed by atoms with Gasteiger partial charge in [0.05, 0.1) is 11.6 Å². The molecule has 0 saturated carbocycles. The number of nitrogens with zero attached hydrogens (tertiary/aromatic N) is 3. The van der Waals surface area contributed by atoms with Crippen LogP contribution in [0.5, 0.6) is 0 Å². The standard InChI is InChI=1S/C10H11ClN4O2/c1-16-5-7(12)10-14-9(15-17-10)8-3-2-6(11)4-13-8/h2-4,7H,5,12H2,1H3. The Labute approximate surface area is 103 Å². The average molecular weight is 255 g/mol. The van der Waals surface area contributed by atoms with E-state index < -0.39 is 6.04 Å². The fourth-order valence-corrected chi connectivity index (χ4v) is 1.36. The van der Waals surface area contributed by atoms with Gasteiger partial charge in [0.2, 0.25) is 11.7 Å². The van der Waals surface area contributed by atoms with Crippen molar-refractivity contribution in [3.63, 3.8) is 0 Å². The minimum absolute atomic E-state index is 0.315. The van der Waals surface area contributed by atoms with Crippen LogP contribution in [0.2, 0.25) is 5.02 Å². The molecule has 0 amide bonds. The van der Waals surface area contributed by atoms with Gasteiger partial charge in [-0.3, -0.25) is 4.98 Å². The lowest BCUT2D eigenvalue weighted by Crippen LogP contribution is -2.16. The SMILES string of the molecule is COCC(N)c1nc(-c2ccc(Cl)cn2)no1. The molecule has 90 valence electrons. The molecule has 2 heterocycles. The molecule has 2 N–H and O–H groups in total. The summed E-state index contributed by atoms with van der Waals surface area (Å²) in [5.41, 5.74) is 6.34. The summed E-state index contributed by atoms with van der Waals surface area (Å²) >= 11 is 5.73. The van der Waals surface area contributed by atoms with Crippen molar-refractivity contribution in [3.05, 3.63) is 29.2 Å². The average Bonchev–Trinajstić information content (AvgIpc) is 2.80. The van der Waals surface area contributed by atoms with E-state index in [1.165, 1.54) is 6.20 Å². The molecule has 2 rings (SSSR count). The number of pyridine rings is 1. The van der Waals surface area contributed by atoms with Crippen LogP contribution in [-0.4, -0.2) is 28.8 Å². The zero-order valence-electron chi connectivity index (χ0n) is 9.13. The van der Waals surface area contributed by atoms with Gasteiger partial charge in [0.1, 0.15) is 11.7 Å². The van der Waals surface area contributed by atoms with Gasteiger partial charge in [-0.2, -0.15) is 4.98 Å². The molecule has 2 aromatic rings. The Bertz CT molecular complexity index is 485. The first-order chi connectivity index (χ1) is 8.20. The Balaban J connectivity index is 2.20. The highest BCUT2D eigenvalue weighted by Gasteiger charge is 2.15. The lowest BCUT2D eigenvalue weighted by molar-refractivity contribution is 0.166. The summed E-state index contributed by atoms with van der Waals surface area (Å²) in [7, 11) is 1.55. The third kappa shape index (κ3) is 2.79. The number of hydrogen-bond acceptors (Lipinski definition) is 6. The summed E-state index contributed by atoms with van der Waals surface area (Å²) in [5, 5.41) is 4.34. The smallest absolute Gasteiger partial charge is 0.246 e. The highest BCUT2D eigenvalue weighted by Crippen LogP contribution is 2.17. The van der Waals surface area contributed by atoms with Crippen molar-refractivity contribution in [2.24, 2.45) is 5.73 Å². The maximum absolute atomic E-state index is 5.76. The number of rotatable bonds is 4. The summed E-state index contributed by atoms with van der Waals surface area (Å²) in [6.45, 7) is 0.315. The molecule has 6 nitrogen and oxygen atoms in total. The molecular formula is C10H11ClN4O2. The first-order valence-electron chi connectivity index (χ1n) is 4.90. The van der Waals surface area contributed by atoms with E-state index in [2.05, 4.69) is 15.1 Å². The van der Waals surface area contributed by atoms with Crippen LogP contribution in [0.25, 0.3) is 11.5 Å². The molecule has 1 atom stereocenters. The summed E-state index contributed by atoms with van der Waals surface area (Å²) in [5.74, 6) is 0.696. The minimum Gasteiger partial charge on any atom is -0.383 e. The summed E-state index contributed by atoms with van der Waals surface area (Å²) in [6, 6.07) is 2.97. The van der Waals surface area contributed by atoms with E-state index in [4.69, 9.17) is 26.6 Å². The molecule has 1 unspecified atom stereocenters. The first-order valence-corrected chi connectivity index (χ1v) is 5.28. The van der Waals surface area contributed by atoms with Crippen LogP contribution in [0, 0.1) is 0 Å². The van der Waals surface area contributed by atoms with Crippen LogP contribution < -0.4 is 5.73 Å². The van der Waals surface area contributed by atoms with Crippen LogP contribution >= 0.6 is 11.6 Å². The van der Waals surface area contributed by atoms with E-state index >= 15 is 0 Å². The van der Waals surface area contributed by atoms with Crippen molar-refractivity contribution in [2.45, 2.75) is 6.04 Å². The molecule has 17 heavy (non-hydrogen) atoms. The molecule has 0 radical (unpaired) electrons. The Morgan fingerprint density at radius 3 is 3.00 bits per heavy atom. The van der Waals surface area contributed by atoms with Crippen molar-refractivity contribution in [2.75, 3.05) is 13.7 Å². The molecule has 0 bridgehead atoms. The topological polar surface area (TPSA) is 87.1 Å². The maximum Gasteiger partial charge on any atom is 0.246 e. The van der Waals surface area contributed by atoms with Gasteiger partial charge in [-0.15, -0.1) is 0 Å². The van der Waals surface area contributed by atoms with E-state index in [-0.39, 0.29) is 0 Å². The van der Waals surface area contributed by atoms with Gasteiger partial charge < -0.3 is 15.0 Å². The van der Waals surface area contributed by atoms with E-state index in [0.717, 1.165) is 0 Å². The number of nitrogens with two attached hydrogens (primary N) is 1. The summed E-state index contributed by atoms with van der Waals surface area (Å²) < 4.78 is 9.93. The van der Waals surface area contributed by atoms with E-state index in [1.54, 1.807) is 19.2 Å². The Morgan fingerprint density at radius 2 is 2.35 bits per heavy atom. The number of halogens is 1. The number of ether oxygens (including phenoxy) is 1. The second-order valence-corrected chi connectivity index (χ2v) is 3.82. The van der Waals surface area contributed by atoms with E-state index in [1.807, 2.05) is 0 Å². The molecule has 0 aliphatic carbocycles. The van der Waals surface area contributed by atoms with Crippen LogP contribution in [0.1, 0.15) is 11.9 Å². The molecule has 0 spiro atoms. The van der Waals surface area contributed by atoms with Gasteiger partial charge in [-0.25, -0.2) is 0 Å². The predicted molar refractivity (Wildman–Crippen MR) is 61.3 cm³/mol. The summed E-state index contributed by atoms with van der Waals surface area (Å²) in [4.78, 5) is 8.22. The predicted octanol–water partition coefficient (Wildman–Crippen LogP) is 1.43. The normalized spacial score (nSPS) is 12.6. The van der Waals surface area contributed by atoms with Gasteiger partial charge in [-0.1, -0.05) is 16.8 Å². The molecule has 2 aromatic heterocycles. The monoisotopic (exact) mass is 254 g/mol. The fraction of sp³-hybridized carbons (Fsp3) is 0.300. The molecular weight excluding hydrogens is 244 g/mol. The first kappa shape index (κ1) is 12.0. The highest BCUT2D eigenvalue weighted by atomic mass is 35.5. The minimum atomic E-state index is -0.437. The lowest BCUT2D eigenvalue weighted by atomic mass is 10.3. The molecule has 7 heteroatoms. The van der Waals surface area contributed by atoms with Crippen molar-refractivity contribution in [3.8, 4) is 11.5 Å². The zero-order chi connectivity index (χ0) is 12.3. The second-order valence-electron chi connectivity index (χ2n) is 3.38. The van der Waals surface area contributed by atoms with Gasteiger partial charge in [-0.05, 0) is 12.1 Å². The second kappa shape index (κ2) is 5.22. The molecule has 0 fully saturated rings. The summed E-state index contributed by atoms with van der Waals surface area (Å²) in [6.07, 6.45) is 1.52. The third-order valence-corrected chi connectivity index (χ3v) is 2.29. The van der Waals surface area contributed by atoms with Gasteiger partial charge in [0, 0.05) is 13.3 Å². The van der Waals surface area contributed by atoms with Crippen LogP contribution in [0.4, 0.5) is 0 Å². The largest absolute Gasteiger partial charge is 0.383 e. The lowest BCUT2D eigenvalue weighted by Gasteiger charge is -2.02. The van der Waals surface area contributed by atoms with E-state index in [9.17, 15) is 0 Å². The third-order valence-electron chi connectivity index (χ3n) is 2.06. The molecule has 0 aliphatic rings. The van der Waals surface area contributed by atoms with Crippen molar-refractivity contribution < 1.29 is 9.26 Å². The molecule has 0 saturated heterocycles. The molecule has 0 aliphatic heterocycles. The number of methoxy groups -OCH3 is 1. The van der Waals surface area contributed by atoms with Crippen LogP contribution in [-0.2, 0) is 4.74 Å². The maximum atomic E-state index is 5.76. The van der Waals surface area contributed by atoms with Gasteiger partial charge in [0.15, 0.2) is 0 Å². The van der Waals surface area contributed by atoms with Gasteiger partial charge in [0.25, 0.3) is 0 Å². The Hall–Kier alpha value is -1.50. The number of hydrogen-bond donors (Lipinski definition) is 1. The van der Waals surface area contributed by atoms with Crippen molar-refractivity contribution in [1.82, 2.24) is 15.1 Å². The van der Waals surface area contributed by atoms with Crippen molar-refractivity contribution >= 4 is 11.6 Å². The van der Waals surface area contributed by atoms with Crippen molar-refractivity contribution in [1.29, 1.82) is 0 Å². The van der Waals surface area contributed by atoms with Gasteiger partial charge >= 0.3 is 0 Å². The highest BCUT2D eigenvalue weighted by molar-refractivity contribution is 6.30. The fourth-order valence-electron chi connectivity index (χ4n) is 1.25. The number of aromatic nitrogens is 3. The quantitative estimate of drug-likeness (QED) is 0.888. The zero-order valence-corrected chi connectivity index (χ0v) is 9.89. The van der Waals surface area contributed by atoms with E-state index in [0.29, 0.717) is 29.0 Å². The molecule has 0 aromatic carbocycles. The van der Waals surface area contributed by atoms with Crippen LogP contribution in [0.3, 0.4) is 0 Å². The Kier molecular flexibility index (Phi) is 3.68. The van der Waals surface area contributed by atoms with Crippen LogP contribution in [0.15, 0.2) is 22.9 Å². The Morgan fingerprint density at radius 1 is 1.53 bits per heavy atom.